The molecule has 1 aromatic heterocycles. The maximum absolute atomic E-state index is 5.94. The van der Waals surface area contributed by atoms with Crippen LogP contribution in [0.1, 0.15) is 36.6 Å². The van der Waals surface area contributed by atoms with Crippen molar-refractivity contribution in [3.63, 3.8) is 0 Å². The number of guanidine groups is 1. The first-order valence-electron chi connectivity index (χ1n) is 7.13. The molecule has 0 unspecified atom stereocenters. The highest BCUT2D eigenvalue weighted by atomic mass is 15.1. The van der Waals surface area contributed by atoms with Crippen LogP contribution in [0.3, 0.4) is 0 Å². The van der Waals surface area contributed by atoms with Gasteiger partial charge in [-0.15, -0.1) is 0 Å². The van der Waals surface area contributed by atoms with E-state index in [1.54, 1.807) is 6.20 Å². The van der Waals surface area contributed by atoms with Gasteiger partial charge in [-0.3, -0.25) is 4.98 Å². The summed E-state index contributed by atoms with van der Waals surface area (Å²) in [6.07, 6.45) is 1.77. The second-order valence-electron chi connectivity index (χ2n) is 5.37. The van der Waals surface area contributed by atoms with Gasteiger partial charge in [-0.1, -0.05) is 32.0 Å². The molecular formula is C17H22N4. The summed E-state index contributed by atoms with van der Waals surface area (Å²) in [7, 11) is 0. The molecule has 0 bridgehead atoms. The van der Waals surface area contributed by atoms with Crippen LogP contribution in [0.4, 0.5) is 5.69 Å². The molecule has 0 atom stereocenters. The largest absolute Gasteiger partial charge is 0.370 e. The topological polar surface area (TPSA) is 63.3 Å². The molecule has 2 aromatic rings. The van der Waals surface area contributed by atoms with E-state index < -0.39 is 0 Å². The lowest BCUT2D eigenvalue weighted by Crippen LogP contribution is -2.22. The van der Waals surface area contributed by atoms with Crippen molar-refractivity contribution in [2.24, 2.45) is 10.7 Å². The SMILES string of the molecule is Cc1cccnc1CN=C(N)Nc1cccc(C(C)C)c1. The fourth-order valence-corrected chi connectivity index (χ4v) is 2.01. The second kappa shape index (κ2) is 6.88. The first kappa shape index (κ1) is 15.0. The van der Waals surface area contributed by atoms with Gasteiger partial charge in [-0.05, 0) is 42.2 Å². The number of hydrogen-bond acceptors (Lipinski definition) is 2. The third kappa shape index (κ3) is 4.31. The van der Waals surface area contributed by atoms with E-state index >= 15 is 0 Å². The lowest BCUT2D eigenvalue weighted by Gasteiger charge is -2.10. The van der Waals surface area contributed by atoms with E-state index in [0.29, 0.717) is 18.4 Å². The molecule has 4 heteroatoms. The van der Waals surface area contributed by atoms with E-state index in [4.69, 9.17) is 5.73 Å². The molecule has 4 nitrogen and oxygen atoms in total. The Balaban J connectivity index is 2.04. The molecule has 0 fully saturated rings. The molecule has 1 heterocycles. The smallest absolute Gasteiger partial charge is 0.193 e. The summed E-state index contributed by atoms with van der Waals surface area (Å²) in [5, 5.41) is 3.13. The van der Waals surface area contributed by atoms with Gasteiger partial charge in [0.15, 0.2) is 5.96 Å². The minimum atomic E-state index is 0.404. The van der Waals surface area contributed by atoms with Crippen LogP contribution >= 0.6 is 0 Å². The number of aliphatic imine (C=N–C) groups is 1. The van der Waals surface area contributed by atoms with Gasteiger partial charge in [0.25, 0.3) is 0 Å². The van der Waals surface area contributed by atoms with E-state index in [1.807, 2.05) is 31.2 Å². The quantitative estimate of drug-likeness (QED) is 0.667. The predicted octanol–water partition coefficient (Wildman–Crippen LogP) is 3.44. The van der Waals surface area contributed by atoms with E-state index in [0.717, 1.165) is 16.9 Å². The summed E-state index contributed by atoms with van der Waals surface area (Å²) in [5.74, 6) is 0.891. The number of rotatable bonds is 4. The lowest BCUT2D eigenvalue weighted by molar-refractivity contribution is 0.867. The number of nitrogens with two attached hydrogens (primary N) is 1. The third-order valence-electron chi connectivity index (χ3n) is 3.34. The predicted molar refractivity (Wildman–Crippen MR) is 88.5 cm³/mol. The van der Waals surface area contributed by atoms with Gasteiger partial charge < -0.3 is 11.1 Å². The number of aryl methyl sites for hydroxylation is 1. The van der Waals surface area contributed by atoms with Crippen molar-refractivity contribution in [1.29, 1.82) is 0 Å². The van der Waals surface area contributed by atoms with Gasteiger partial charge in [0.05, 0.1) is 12.2 Å². The number of aromatic nitrogens is 1. The van der Waals surface area contributed by atoms with Crippen molar-refractivity contribution in [2.45, 2.75) is 33.2 Å². The number of anilines is 1. The number of pyridine rings is 1. The highest BCUT2D eigenvalue weighted by molar-refractivity contribution is 5.92. The normalized spacial score (nSPS) is 11.7. The van der Waals surface area contributed by atoms with Crippen LogP contribution in [0.5, 0.6) is 0 Å². The van der Waals surface area contributed by atoms with E-state index in [1.165, 1.54) is 5.56 Å². The monoisotopic (exact) mass is 282 g/mol. The Hall–Kier alpha value is -2.36. The Bertz CT molecular complexity index is 632. The van der Waals surface area contributed by atoms with Crippen molar-refractivity contribution < 1.29 is 0 Å². The molecule has 21 heavy (non-hydrogen) atoms. The zero-order valence-corrected chi connectivity index (χ0v) is 12.8. The van der Waals surface area contributed by atoms with Crippen LogP contribution in [0, 0.1) is 6.92 Å². The van der Waals surface area contributed by atoms with Crippen molar-refractivity contribution in [2.75, 3.05) is 5.32 Å². The van der Waals surface area contributed by atoms with Crippen molar-refractivity contribution in [3.8, 4) is 0 Å². The highest BCUT2D eigenvalue weighted by Gasteiger charge is 2.02. The summed E-state index contributed by atoms with van der Waals surface area (Å²) in [6, 6.07) is 12.2. The molecule has 0 radical (unpaired) electrons. The molecule has 0 aliphatic heterocycles. The van der Waals surface area contributed by atoms with Gasteiger partial charge in [-0.2, -0.15) is 0 Å². The molecule has 0 saturated heterocycles. The molecular weight excluding hydrogens is 260 g/mol. The first-order chi connectivity index (χ1) is 10.1. The highest BCUT2D eigenvalue weighted by Crippen LogP contribution is 2.18. The van der Waals surface area contributed by atoms with Crippen LogP contribution in [0.2, 0.25) is 0 Å². The lowest BCUT2D eigenvalue weighted by atomic mass is 10.0. The van der Waals surface area contributed by atoms with Crippen LogP contribution in [0.15, 0.2) is 47.6 Å². The molecule has 0 amide bonds. The second-order valence-corrected chi connectivity index (χ2v) is 5.37. The van der Waals surface area contributed by atoms with E-state index in [9.17, 15) is 0 Å². The number of nitrogens with one attached hydrogen (secondary N) is 1. The molecule has 3 N–H and O–H groups in total. The van der Waals surface area contributed by atoms with Gasteiger partial charge in [0, 0.05) is 11.9 Å². The van der Waals surface area contributed by atoms with Gasteiger partial charge in [-0.25, -0.2) is 4.99 Å². The van der Waals surface area contributed by atoms with Crippen molar-refractivity contribution in [1.82, 2.24) is 4.98 Å². The Kier molecular flexibility index (Phi) is 4.93. The average Bonchev–Trinajstić information content (AvgIpc) is 2.46. The summed E-state index contributed by atoms with van der Waals surface area (Å²) in [5.41, 5.74) is 10.2. The summed E-state index contributed by atoms with van der Waals surface area (Å²) < 4.78 is 0. The standard InChI is InChI=1S/C17H22N4/c1-12(2)14-7-4-8-15(10-14)21-17(18)20-11-16-13(3)6-5-9-19-16/h4-10,12H,11H2,1-3H3,(H3,18,20,21). The molecule has 0 saturated carbocycles. The fraction of sp³-hybridized carbons (Fsp3) is 0.294. The Labute approximate surface area is 126 Å². The average molecular weight is 282 g/mol. The summed E-state index contributed by atoms with van der Waals surface area (Å²) >= 11 is 0. The van der Waals surface area contributed by atoms with Crippen LogP contribution in [-0.4, -0.2) is 10.9 Å². The molecule has 110 valence electrons. The van der Waals surface area contributed by atoms with Crippen LogP contribution in [0.25, 0.3) is 0 Å². The van der Waals surface area contributed by atoms with Crippen molar-refractivity contribution in [3.05, 3.63) is 59.4 Å². The zero-order chi connectivity index (χ0) is 15.2. The van der Waals surface area contributed by atoms with E-state index in [-0.39, 0.29) is 0 Å². The Morgan fingerprint density at radius 3 is 2.81 bits per heavy atom. The van der Waals surface area contributed by atoms with Crippen LogP contribution < -0.4 is 11.1 Å². The molecule has 1 aromatic carbocycles. The summed E-state index contributed by atoms with van der Waals surface area (Å²) in [4.78, 5) is 8.65. The number of benzene rings is 1. The maximum atomic E-state index is 5.94. The Morgan fingerprint density at radius 2 is 2.10 bits per heavy atom. The zero-order valence-electron chi connectivity index (χ0n) is 12.8. The number of hydrogen-bond donors (Lipinski definition) is 2. The molecule has 0 spiro atoms. The third-order valence-corrected chi connectivity index (χ3v) is 3.34. The Morgan fingerprint density at radius 1 is 1.29 bits per heavy atom. The molecule has 0 aliphatic rings. The molecule has 0 aliphatic carbocycles. The van der Waals surface area contributed by atoms with Crippen LogP contribution in [-0.2, 0) is 6.54 Å². The van der Waals surface area contributed by atoms with Crippen molar-refractivity contribution >= 4 is 11.6 Å². The molecule has 2 rings (SSSR count). The summed E-state index contributed by atoms with van der Waals surface area (Å²) in [6.45, 7) is 6.84. The minimum absolute atomic E-state index is 0.404. The van der Waals surface area contributed by atoms with Gasteiger partial charge in [0.2, 0.25) is 0 Å². The van der Waals surface area contributed by atoms with Gasteiger partial charge >= 0.3 is 0 Å². The van der Waals surface area contributed by atoms with E-state index in [2.05, 4.69) is 41.3 Å². The maximum Gasteiger partial charge on any atom is 0.193 e. The van der Waals surface area contributed by atoms with Gasteiger partial charge in [0.1, 0.15) is 0 Å². The minimum Gasteiger partial charge on any atom is -0.370 e. The fourth-order valence-electron chi connectivity index (χ4n) is 2.01. The first-order valence-corrected chi connectivity index (χ1v) is 7.13. The number of nitrogens with zero attached hydrogens (tertiary/aromatic N) is 2.